The van der Waals surface area contributed by atoms with Crippen LogP contribution in [0.4, 0.5) is 16.0 Å². The summed E-state index contributed by atoms with van der Waals surface area (Å²) < 4.78 is 71.9. The number of fused-ring (bicyclic) bond motifs is 4. The van der Waals surface area contributed by atoms with Gasteiger partial charge in [0.15, 0.2) is 35.3 Å². The van der Waals surface area contributed by atoms with Gasteiger partial charge in [0.05, 0.1) is 32.0 Å². The predicted molar refractivity (Wildman–Crippen MR) is 141 cm³/mol. The zero-order valence-electron chi connectivity index (χ0n) is 21.9. The molecule has 0 bridgehead atoms. The van der Waals surface area contributed by atoms with Crippen LogP contribution < -0.4 is 11.5 Å². The van der Waals surface area contributed by atoms with Crippen LogP contribution in [0.2, 0.25) is 0 Å². The normalized spacial score (nSPS) is 37.1. The molecule has 3 aliphatic rings. The average Bonchev–Trinajstić information content (AvgIpc) is 3.72. The summed E-state index contributed by atoms with van der Waals surface area (Å²) in [5.41, 5.74) is 12.8. The summed E-state index contributed by atoms with van der Waals surface area (Å²) in [5.74, 6) is -0.457. The van der Waals surface area contributed by atoms with Crippen LogP contribution in [0.5, 0.6) is 0 Å². The van der Waals surface area contributed by atoms with E-state index in [4.69, 9.17) is 34.3 Å². The van der Waals surface area contributed by atoms with E-state index < -0.39 is 65.5 Å². The Labute approximate surface area is 240 Å². The number of ether oxygens (including phenoxy) is 1. The molecule has 1 saturated carbocycles. The first-order chi connectivity index (χ1) is 20.5. The molecular formula is C21H25FN10O9P2. The Morgan fingerprint density at radius 3 is 2.12 bits per heavy atom. The van der Waals surface area contributed by atoms with Crippen molar-refractivity contribution in [3.8, 4) is 0 Å². The van der Waals surface area contributed by atoms with Gasteiger partial charge in [0.1, 0.15) is 35.9 Å². The van der Waals surface area contributed by atoms with Crippen molar-refractivity contribution in [2.24, 2.45) is 5.92 Å². The van der Waals surface area contributed by atoms with Crippen LogP contribution in [-0.4, -0.2) is 86.5 Å². The predicted octanol–water partition coefficient (Wildman–Crippen LogP) is 1.04. The van der Waals surface area contributed by atoms with Crippen LogP contribution in [0.25, 0.3) is 22.3 Å². The van der Waals surface area contributed by atoms with Crippen molar-refractivity contribution >= 4 is 49.6 Å². The maximum absolute atomic E-state index is 15.9. The van der Waals surface area contributed by atoms with Crippen LogP contribution in [0, 0.1) is 5.92 Å². The van der Waals surface area contributed by atoms with E-state index in [9.17, 15) is 18.9 Å². The summed E-state index contributed by atoms with van der Waals surface area (Å²) in [7, 11) is -9.67. The summed E-state index contributed by atoms with van der Waals surface area (Å²) >= 11 is 0. The number of aromatic nitrogens is 8. The van der Waals surface area contributed by atoms with Crippen LogP contribution in [0.1, 0.15) is 25.1 Å². The molecular weight excluding hydrogens is 617 g/mol. The lowest BCUT2D eigenvalue weighted by Crippen LogP contribution is -2.35. The standard InChI is InChI=1S/C21H25FN10O9P2/c22-13-16-12(39-21(13)32-8-30-15-18(24)26-6-28-20(15)32)4-38-42(33,34)40-11-2-10(1-9(11)3-37-43(35,36)41-16)31-7-29-14-17(23)25-5-27-19(14)31/h5-13,16,21H,1-4H2,(H,33,34)(H,35,36)(H2,23,25,27)(H2,24,26,28)/t9-,10-,11?,12-,13?,16?,21-/m1/s1. The summed E-state index contributed by atoms with van der Waals surface area (Å²) in [6, 6.07) is -0.372. The number of rotatable bonds is 2. The molecule has 6 N–H and O–H groups in total. The smallest absolute Gasteiger partial charge is 0.382 e. The summed E-state index contributed by atoms with van der Waals surface area (Å²) in [6.45, 7) is -1.16. The van der Waals surface area contributed by atoms with Gasteiger partial charge in [0.25, 0.3) is 0 Å². The van der Waals surface area contributed by atoms with Gasteiger partial charge < -0.3 is 30.6 Å². The molecule has 2 aliphatic heterocycles. The summed E-state index contributed by atoms with van der Waals surface area (Å²) in [5, 5.41) is 0. The highest BCUT2D eigenvalue weighted by Crippen LogP contribution is 2.55. The van der Waals surface area contributed by atoms with Gasteiger partial charge in [-0.2, -0.15) is 0 Å². The Bertz CT molecular complexity index is 1790. The van der Waals surface area contributed by atoms with E-state index >= 15 is 4.39 Å². The van der Waals surface area contributed by atoms with E-state index in [2.05, 4.69) is 29.9 Å². The molecule has 19 nitrogen and oxygen atoms in total. The SMILES string of the molecule is Nc1ncnc2c1ncn2[C@H]1CC2OP(=O)(O)OC[C@H]3O[C@@H](n4cnc5c(N)ncnc54)C(F)C3OP(=O)(O)OC[C@H]2C1. The number of phosphoric ester groups is 2. The summed E-state index contributed by atoms with van der Waals surface area (Å²) in [6.07, 6.45) is -2.16. The molecule has 22 heteroatoms. The maximum Gasteiger partial charge on any atom is 0.472 e. The monoisotopic (exact) mass is 642 g/mol. The first kappa shape index (κ1) is 28.6. The molecule has 0 spiro atoms. The molecule has 6 heterocycles. The second kappa shape index (κ2) is 10.5. The molecule has 4 aromatic heterocycles. The highest BCUT2D eigenvalue weighted by molar-refractivity contribution is 7.47. The Morgan fingerprint density at radius 1 is 0.814 bits per heavy atom. The Kier molecular flexibility index (Phi) is 6.95. The zero-order chi connectivity index (χ0) is 30.1. The summed E-state index contributed by atoms with van der Waals surface area (Å²) in [4.78, 5) is 45.6. The van der Waals surface area contributed by atoms with Crippen molar-refractivity contribution in [3.05, 3.63) is 25.3 Å². The highest BCUT2D eigenvalue weighted by atomic mass is 31.2. The van der Waals surface area contributed by atoms with Crippen LogP contribution in [0.3, 0.4) is 0 Å². The van der Waals surface area contributed by atoms with E-state index in [0.29, 0.717) is 11.2 Å². The minimum Gasteiger partial charge on any atom is -0.382 e. The fourth-order valence-corrected chi connectivity index (χ4v) is 7.70. The van der Waals surface area contributed by atoms with Gasteiger partial charge in [-0.05, 0) is 12.8 Å². The lowest BCUT2D eigenvalue weighted by atomic mass is 10.1. The fourth-order valence-electron chi connectivity index (χ4n) is 5.70. The van der Waals surface area contributed by atoms with Crippen molar-refractivity contribution in [1.82, 2.24) is 39.0 Å². The van der Waals surface area contributed by atoms with Crippen molar-refractivity contribution in [2.45, 2.75) is 49.6 Å². The number of imidazole rings is 2. The third-order valence-electron chi connectivity index (χ3n) is 7.69. The molecule has 3 fully saturated rings. The van der Waals surface area contributed by atoms with Crippen molar-refractivity contribution in [1.29, 1.82) is 0 Å². The van der Waals surface area contributed by atoms with E-state index in [-0.39, 0.29) is 41.7 Å². The minimum atomic E-state index is -4.90. The van der Waals surface area contributed by atoms with Crippen LogP contribution in [-0.2, 0) is 32.0 Å². The molecule has 5 unspecified atom stereocenters. The zero-order valence-corrected chi connectivity index (χ0v) is 23.7. The molecule has 0 amide bonds. The second-order valence-electron chi connectivity index (χ2n) is 10.3. The molecule has 9 atom stereocenters. The lowest BCUT2D eigenvalue weighted by molar-refractivity contribution is -0.0523. The minimum absolute atomic E-state index is 0.0428. The Morgan fingerprint density at radius 2 is 1.42 bits per heavy atom. The van der Waals surface area contributed by atoms with Crippen LogP contribution >= 0.6 is 15.6 Å². The van der Waals surface area contributed by atoms with Gasteiger partial charge in [-0.25, -0.2) is 43.4 Å². The van der Waals surface area contributed by atoms with E-state index in [1.54, 1.807) is 4.57 Å². The molecule has 230 valence electrons. The molecule has 7 rings (SSSR count). The largest absolute Gasteiger partial charge is 0.472 e. The number of phosphoric acid groups is 2. The van der Waals surface area contributed by atoms with Crippen molar-refractivity contribution in [3.63, 3.8) is 0 Å². The highest BCUT2D eigenvalue weighted by Gasteiger charge is 2.52. The molecule has 2 saturated heterocycles. The third-order valence-corrected chi connectivity index (χ3v) is 9.69. The van der Waals surface area contributed by atoms with Gasteiger partial charge >= 0.3 is 15.6 Å². The van der Waals surface area contributed by atoms with Gasteiger partial charge in [0.2, 0.25) is 0 Å². The maximum atomic E-state index is 15.9. The number of hydrogen-bond donors (Lipinski definition) is 4. The van der Waals surface area contributed by atoms with Crippen molar-refractivity contribution < 1.29 is 46.1 Å². The van der Waals surface area contributed by atoms with Gasteiger partial charge in [-0.15, -0.1) is 0 Å². The van der Waals surface area contributed by atoms with E-state index in [0.717, 1.165) is 6.33 Å². The number of nitrogen functional groups attached to an aromatic ring is 2. The van der Waals surface area contributed by atoms with E-state index in [1.165, 1.54) is 23.5 Å². The Hall–Kier alpha value is -3.19. The quantitative estimate of drug-likeness (QED) is 0.223. The average molecular weight is 642 g/mol. The number of hydrogen-bond acceptors (Lipinski definition) is 15. The lowest BCUT2D eigenvalue weighted by Gasteiger charge is -2.27. The molecule has 0 radical (unpaired) electrons. The molecule has 43 heavy (non-hydrogen) atoms. The molecule has 4 aromatic rings. The van der Waals surface area contributed by atoms with Gasteiger partial charge in [-0.3, -0.25) is 22.7 Å². The molecule has 1 aliphatic carbocycles. The number of nitrogens with zero attached hydrogens (tertiary/aromatic N) is 8. The van der Waals surface area contributed by atoms with Crippen LogP contribution in [0.15, 0.2) is 25.3 Å². The van der Waals surface area contributed by atoms with Crippen molar-refractivity contribution in [2.75, 3.05) is 24.7 Å². The van der Waals surface area contributed by atoms with Gasteiger partial charge in [0, 0.05) is 12.0 Å². The number of halogens is 1. The number of alkyl halides is 1. The number of nitrogens with two attached hydrogens (primary N) is 2. The first-order valence-electron chi connectivity index (χ1n) is 13.0. The third kappa shape index (κ3) is 5.17. The molecule has 0 aromatic carbocycles. The fraction of sp³-hybridized carbons (Fsp3) is 0.524. The topological polar surface area (TPSA) is 260 Å². The van der Waals surface area contributed by atoms with Gasteiger partial charge in [-0.1, -0.05) is 0 Å². The second-order valence-corrected chi connectivity index (χ2v) is 13.1. The number of anilines is 2. The Balaban J connectivity index is 1.15. The van der Waals surface area contributed by atoms with E-state index in [1.807, 2.05) is 0 Å². The first-order valence-corrected chi connectivity index (χ1v) is 16.0.